The average molecular weight is 274 g/mol. The van der Waals surface area contributed by atoms with Crippen molar-refractivity contribution in [2.45, 2.75) is 31.6 Å². The number of rotatable bonds is 3. The Hall–Kier alpha value is -0.250. The maximum atomic E-state index is 13.5. The summed E-state index contributed by atoms with van der Waals surface area (Å²) in [6.45, 7) is 3.14. The molecule has 1 nitrogen and oxygen atoms in total. The third kappa shape index (κ3) is 2.95. The molecule has 0 radical (unpaired) electrons. The summed E-state index contributed by atoms with van der Waals surface area (Å²) in [5.74, 6) is 1.60. The molecule has 0 bridgehead atoms. The SMILES string of the molecule is CCCNC1CCSCc2c1ccc(F)c2Cl. The summed E-state index contributed by atoms with van der Waals surface area (Å²) < 4.78 is 13.5. The van der Waals surface area contributed by atoms with Gasteiger partial charge in [0.25, 0.3) is 0 Å². The molecule has 1 aliphatic heterocycles. The van der Waals surface area contributed by atoms with Crippen molar-refractivity contribution in [3.05, 3.63) is 34.1 Å². The van der Waals surface area contributed by atoms with Crippen molar-refractivity contribution in [3.8, 4) is 0 Å². The maximum Gasteiger partial charge on any atom is 0.142 e. The van der Waals surface area contributed by atoms with E-state index in [1.807, 2.05) is 17.8 Å². The molecule has 0 aliphatic carbocycles. The molecule has 94 valence electrons. The van der Waals surface area contributed by atoms with Crippen molar-refractivity contribution in [1.29, 1.82) is 0 Å². The second kappa shape index (κ2) is 6.07. The first-order valence-corrected chi connectivity index (χ1v) is 7.55. The first-order chi connectivity index (χ1) is 8.24. The van der Waals surface area contributed by atoms with E-state index in [1.165, 1.54) is 11.6 Å². The summed E-state index contributed by atoms with van der Waals surface area (Å²) in [6, 6.07) is 3.69. The third-order valence-electron chi connectivity index (χ3n) is 3.05. The first kappa shape index (κ1) is 13.2. The van der Waals surface area contributed by atoms with Gasteiger partial charge in [-0.1, -0.05) is 24.6 Å². The number of hydrogen-bond donors (Lipinski definition) is 1. The third-order valence-corrected chi connectivity index (χ3v) is 4.47. The average Bonchev–Trinajstić information content (AvgIpc) is 2.54. The van der Waals surface area contributed by atoms with E-state index in [4.69, 9.17) is 11.6 Å². The van der Waals surface area contributed by atoms with Crippen LogP contribution in [0.2, 0.25) is 5.02 Å². The van der Waals surface area contributed by atoms with E-state index >= 15 is 0 Å². The van der Waals surface area contributed by atoms with Gasteiger partial charge in [-0.05, 0) is 42.3 Å². The Kier molecular flexibility index (Phi) is 4.71. The molecule has 4 heteroatoms. The minimum atomic E-state index is -0.304. The van der Waals surface area contributed by atoms with Gasteiger partial charge in [0.05, 0.1) is 5.02 Å². The summed E-state index contributed by atoms with van der Waals surface area (Å²) in [5, 5.41) is 3.83. The second-order valence-electron chi connectivity index (χ2n) is 4.28. The van der Waals surface area contributed by atoms with Crippen LogP contribution >= 0.6 is 23.4 Å². The van der Waals surface area contributed by atoms with E-state index in [-0.39, 0.29) is 5.82 Å². The van der Waals surface area contributed by atoms with Gasteiger partial charge < -0.3 is 5.32 Å². The molecule has 1 aromatic carbocycles. The van der Waals surface area contributed by atoms with Crippen LogP contribution in [0.1, 0.15) is 36.9 Å². The van der Waals surface area contributed by atoms with Crippen LogP contribution in [0.15, 0.2) is 12.1 Å². The summed E-state index contributed by atoms with van der Waals surface area (Å²) in [6.07, 6.45) is 2.19. The number of fused-ring (bicyclic) bond motifs is 1. The Balaban J connectivity index is 2.32. The smallest absolute Gasteiger partial charge is 0.142 e. The van der Waals surface area contributed by atoms with E-state index in [0.29, 0.717) is 11.1 Å². The highest BCUT2D eigenvalue weighted by Crippen LogP contribution is 2.35. The highest BCUT2D eigenvalue weighted by atomic mass is 35.5. The molecule has 1 aliphatic rings. The topological polar surface area (TPSA) is 12.0 Å². The van der Waals surface area contributed by atoms with Gasteiger partial charge in [0.2, 0.25) is 0 Å². The van der Waals surface area contributed by atoms with Gasteiger partial charge in [0.15, 0.2) is 0 Å². The molecule has 1 heterocycles. The lowest BCUT2D eigenvalue weighted by Crippen LogP contribution is -2.23. The monoisotopic (exact) mass is 273 g/mol. The van der Waals surface area contributed by atoms with Crippen LogP contribution in [-0.4, -0.2) is 12.3 Å². The predicted molar refractivity (Wildman–Crippen MR) is 73.2 cm³/mol. The summed E-state index contributed by atoms with van der Waals surface area (Å²) >= 11 is 7.89. The Morgan fingerprint density at radius 1 is 1.53 bits per heavy atom. The molecular formula is C13H17ClFNS. The number of halogens is 2. The fourth-order valence-corrected chi connectivity index (χ4v) is 3.52. The van der Waals surface area contributed by atoms with Gasteiger partial charge >= 0.3 is 0 Å². The van der Waals surface area contributed by atoms with Crippen LogP contribution in [0.5, 0.6) is 0 Å². The van der Waals surface area contributed by atoms with Gasteiger partial charge in [-0.2, -0.15) is 11.8 Å². The predicted octanol–water partition coefficient (Wildman–Crippen LogP) is 4.16. The number of benzene rings is 1. The van der Waals surface area contributed by atoms with Crippen LogP contribution in [0.4, 0.5) is 4.39 Å². The summed E-state index contributed by atoms with van der Waals surface area (Å²) in [4.78, 5) is 0. The van der Waals surface area contributed by atoms with Crippen molar-refractivity contribution in [3.63, 3.8) is 0 Å². The summed E-state index contributed by atoms with van der Waals surface area (Å²) in [7, 11) is 0. The van der Waals surface area contributed by atoms with E-state index in [1.54, 1.807) is 0 Å². The zero-order chi connectivity index (χ0) is 12.3. The Labute approximate surface area is 111 Å². The molecule has 1 atom stereocenters. The van der Waals surface area contributed by atoms with Gasteiger partial charge in [-0.25, -0.2) is 4.39 Å². The lowest BCUT2D eigenvalue weighted by Gasteiger charge is -2.19. The second-order valence-corrected chi connectivity index (χ2v) is 5.76. The minimum Gasteiger partial charge on any atom is -0.310 e. The van der Waals surface area contributed by atoms with E-state index in [2.05, 4.69) is 12.2 Å². The minimum absolute atomic E-state index is 0.304. The molecular weight excluding hydrogens is 257 g/mol. The molecule has 0 aromatic heterocycles. The van der Waals surface area contributed by atoms with E-state index in [9.17, 15) is 4.39 Å². The van der Waals surface area contributed by atoms with Crippen LogP contribution in [0, 0.1) is 5.82 Å². The Bertz CT molecular complexity index is 397. The molecule has 1 unspecified atom stereocenters. The van der Waals surface area contributed by atoms with Crippen LogP contribution < -0.4 is 5.32 Å². The van der Waals surface area contributed by atoms with Gasteiger partial charge in [-0.3, -0.25) is 0 Å². The van der Waals surface area contributed by atoms with Crippen molar-refractivity contribution in [2.75, 3.05) is 12.3 Å². The quantitative estimate of drug-likeness (QED) is 0.888. The Morgan fingerprint density at radius 3 is 3.12 bits per heavy atom. The molecule has 1 N–H and O–H groups in total. The molecule has 0 amide bonds. The molecule has 0 fully saturated rings. The van der Waals surface area contributed by atoms with Crippen molar-refractivity contribution < 1.29 is 4.39 Å². The molecule has 0 saturated carbocycles. The fraction of sp³-hybridized carbons (Fsp3) is 0.538. The van der Waals surface area contributed by atoms with Crippen LogP contribution in [-0.2, 0) is 5.75 Å². The standard InChI is InChI=1S/C13H17ClFNS/c1-2-6-16-12-5-7-17-8-10-9(12)3-4-11(15)13(10)14/h3-4,12,16H,2,5-8H2,1H3. The zero-order valence-corrected chi connectivity index (χ0v) is 11.5. The molecule has 0 spiro atoms. The highest BCUT2D eigenvalue weighted by molar-refractivity contribution is 7.98. The molecule has 1 aromatic rings. The van der Waals surface area contributed by atoms with Crippen molar-refractivity contribution in [1.82, 2.24) is 5.32 Å². The largest absolute Gasteiger partial charge is 0.310 e. The maximum absolute atomic E-state index is 13.5. The lowest BCUT2D eigenvalue weighted by molar-refractivity contribution is 0.520. The van der Waals surface area contributed by atoms with Crippen molar-refractivity contribution >= 4 is 23.4 Å². The van der Waals surface area contributed by atoms with Gasteiger partial charge in [-0.15, -0.1) is 0 Å². The highest BCUT2D eigenvalue weighted by Gasteiger charge is 2.21. The zero-order valence-electron chi connectivity index (χ0n) is 9.93. The molecule has 2 rings (SSSR count). The lowest BCUT2D eigenvalue weighted by atomic mass is 9.99. The number of hydrogen-bond acceptors (Lipinski definition) is 2. The van der Waals surface area contributed by atoms with Crippen molar-refractivity contribution in [2.24, 2.45) is 0 Å². The van der Waals surface area contributed by atoms with Gasteiger partial charge in [0, 0.05) is 11.8 Å². The van der Waals surface area contributed by atoms with Gasteiger partial charge in [0.1, 0.15) is 5.82 Å². The Morgan fingerprint density at radius 2 is 2.35 bits per heavy atom. The summed E-state index contributed by atoms with van der Waals surface area (Å²) in [5.41, 5.74) is 2.15. The molecule has 17 heavy (non-hydrogen) atoms. The van der Waals surface area contributed by atoms with Crippen LogP contribution in [0.25, 0.3) is 0 Å². The van der Waals surface area contributed by atoms with E-state index in [0.717, 1.165) is 36.5 Å². The fourth-order valence-electron chi connectivity index (χ4n) is 2.14. The molecule has 0 saturated heterocycles. The normalized spacial score (nSPS) is 19.8. The number of nitrogens with one attached hydrogen (secondary N) is 1. The van der Waals surface area contributed by atoms with Crippen LogP contribution in [0.3, 0.4) is 0 Å². The van der Waals surface area contributed by atoms with E-state index < -0.39 is 0 Å². The first-order valence-electron chi connectivity index (χ1n) is 6.02. The number of thioether (sulfide) groups is 1.